The first-order valence-electron chi connectivity index (χ1n) is 5.86. The van der Waals surface area contributed by atoms with Gasteiger partial charge in [0.25, 0.3) is 0 Å². The average molecular weight is 245 g/mol. The van der Waals surface area contributed by atoms with Crippen LogP contribution in [0.25, 0.3) is 0 Å². The van der Waals surface area contributed by atoms with Gasteiger partial charge in [0, 0.05) is 12.2 Å². The van der Waals surface area contributed by atoms with Crippen LogP contribution in [0, 0.1) is 6.92 Å². The van der Waals surface area contributed by atoms with Crippen molar-refractivity contribution in [3.05, 3.63) is 41.7 Å². The quantitative estimate of drug-likeness (QED) is 0.892. The van der Waals surface area contributed by atoms with E-state index in [1.54, 1.807) is 0 Å². The van der Waals surface area contributed by atoms with E-state index < -0.39 is 0 Å². The summed E-state index contributed by atoms with van der Waals surface area (Å²) in [7, 11) is 0. The van der Waals surface area contributed by atoms with Crippen LogP contribution >= 0.6 is 0 Å². The van der Waals surface area contributed by atoms with Crippen molar-refractivity contribution in [2.24, 2.45) is 5.73 Å². The van der Waals surface area contributed by atoms with Crippen molar-refractivity contribution in [3.8, 4) is 11.5 Å². The molecule has 1 aromatic carbocycles. The van der Waals surface area contributed by atoms with Gasteiger partial charge >= 0.3 is 0 Å². The lowest BCUT2D eigenvalue weighted by atomic mass is 10.1. The lowest BCUT2D eigenvalue weighted by Gasteiger charge is -2.12. The molecule has 1 aliphatic rings. The Kier molecular flexibility index (Phi) is 2.68. The van der Waals surface area contributed by atoms with Crippen LogP contribution in [0.15, 0.2) is 30.6 Å². The van der Waals surface area contributed by atoms with Gasteiger partial charge in [0.15, 0.2) is 11.5 Å². The summed E-state index contributed by atoms with van der Waals surface area (Å²) >= 11 is 0. The lowest BCUT2D eigenvalue weighted by molar-refractivity contribution is 0.174. The fourth-order valence-electron chi connectivity index (χ4n) is 2.02. The van der Waals surface area contributed by atoms with Crippen LogP contribution in [0.1, 0.15) is 17.2 Å². The number of fused-ring (bicyclic) bond motifs is 1. The van der Waals surface area contributed by atoms with Gasteiger partial charge in [-0.25, -0.2) is 0 Å². The molecule has 1 atom stereocenters. The van der Waals surface area contributed by atoms with E-state index in [0.29, 0.717) is 6.54 Å². The van der Waals surface area contributed by atoms with Crippen molar-refractivity contribution in [2.75, 3.05) is 6.79 Å². The summed E-state index contributed by atoms with van der Waals surface area (Å²) in [4.78, 5) is 0. The van der Waals surface area contributed by atoms with Gasteiger partial charge in [0.1, 0.15) is 0 Å². The maximum atomic E-state index is 6.17. The fourth-order valence-corrected chi connectivity index (χ4v) is 2.02. The molecule has 1 unspecified atom stereocenters. The smallest absolute Gasteiger partial charge is 0.231 e. The van der Waals surface area contributed by atoms with E-state index in [1.807, 2.05) is 42.2 Å². The number of nitrogens with two attached hydrogens (primary N) is 1. The molecule has 3 rings (SSSR count). The van der Waals surface area contributed by atoms with Crippen molar-refractivity contribution in [1.29, 1.82) is 0 Å². The summed E-state index contributed by atoms with van der Waals surface area (Å²) in [5.41, 5.74) is 8.33. The second-order valence-corrected chi connectivity index (χ2v) is 4.46. The molecule has 0 amide bonds. The minimum atomic E-state index is -0.112. The minimum Gasteiger partial charge on any atom is -0.454 e. The summed E-state index contributed by atoms with van der Waals surface area (Å²) in [6.45, 7) is 2.94. The Morgan fingerprint density at radius 3 is 3.00 bits per heavy atom. The normalized spacial score (nSPS) is 14.8. The third kappa shape index (κ3) is 2.04. The van der Waals surface area contributed by atoms with E-state index in [-0.39, 0.29) is 12.8 Å². The van der Waals surface area contributed by atoms with Crippen molar-refractivity contribution >= 4 is 0 Å². The highest BCUT2D eigenvalue weighted by atomic mass is 16.7. The number of hydrogen-bond acceptors (Lipinski definition) is 4. The van der Waals surface area contributed by atoms with Gasteiger partial charge in [-0.15, -0.1) is 0 Å². The molecule has 0 saturated carbocycles. The molecule has 1 aliphatic heterocycles. The Morgan fingerprint density at radius 2 is 2.22 bits per heavy atom. The molecule has 18 heavy (non-hydrogen) atoms. The molecule has 0 saturated heterocycles. The molecule has 0 radical (unpaired) electrons. The highest BCUT2D eigenvalue weighted by molar-refractivity contribution is 5.45. The molecular formula is C13H15N3O2. The van der Waals surface area contributed by atoms with Crippen LogP contribution in [0.3, 0.4) is 0 Å². The summed E-state index contributed by atoms with van der Waals surface area (Å²) in [5.74, 6) is 1.54. The number of ether oxygens (including phenoxy) is 2. The topological polar surface area (TPSA) is 62.3 Å². The van der Waals surface area contributed by atoms with Gasteiger partial charge in [0.05, 0.1) is 12.7 Å². The zero-order valence-corrected chi connectivity index (χ0v) is 10.2. The van der Waals surface area contributed by atoms with Crippen molar-refractivity contribution < 1.29 is 9.47 Å². The second-order valence-electron chi connectivity index (χ2n) is 4.46. The molecule has 94 valence electrons. The first-order chi connectivity index (χ1) is 8.72. The Morgan fingerprint density at radius 1 is 1.39 bits per heavy atom. The highest BCUT2D eigenvalue weighted by Crippen LogP contribution is 2.33. The summed E-state index contributed by atoms with van der Waals surface area (Å²) in [6.07, 6.45) is 3.80. The van der Waals surface area contributed by atoms with Crippen LogP contribution in [-0.2, 0) is 6.54 Å². The molecule has 2 aromatic rings. The molecule has 1 aromatic heterocycles. The minimum absolute atomic E-state index is 0.112. The maximum Gasteiger partial charge on any atom is 0.231 e. The third-order valence-corrected chi connectivity index (χ3v) is 2.97. The summed E-state index contributed by atoms with van der Waals surface area (Å²) < 4.78 is 12.5. The van der Waals surface area contributed by atoms with E-state index >= 15 is 0 Å². The molecule has 2 heterocycles. The summed E-state index contributed by atoms with van der Waals surface area (Å²) in [6, 6.07) is 5.68. The van der Waals surface area contributed by atoms with Gasteiger partial charge in [0.2, 0.25) is 6.79 Å². The fraction of sp³-hybridized carbons (Fsp3) is 0.308. The van der Waals surface area contributed by atoms with Crippen LogP contribution in [0.4, 0.5) is 0 Å². The molecule has 0 fully saturated rings. The van der Waals surface area contributed by atoms with Crippen LogP contribution < -0.4 is 15.2 Å². The number of hydrogen-bond donors (Lipinski definition) is 1. The van der Waals surface area contributed by atoms with Crippen molar-refractivity contribution in [1.82, 2.24) is 9.78 Å². The van der Waals surface area contributed by atoms with E-state index in [1.165, 1.54) is 0 Å². The van der Waals surface area contributed by atoms with E-state index in [2.05, 4.69) is 5.10 Å². The molecule has 0 bridgehead atoms. The first-order valence-corrected chi connectivity index (χ1v) is 5.86. The van der Waals surface area contributed by atoms with Gasteiger partial charge in [-0.2, -0.15) is 5.10 Å². The van der Waals surface area contributed by atoms with Crippen molar-refractivity contribution in [3.63, 3.8) is 0 Å². The van der Waals surface area contributed by atoms with Crippen LogP contribution in [0.5, 0.6) is 11.5 Å². The molecule has 5 nitrogen and oxygen atoms in total. The molecular weight excluding hydrogens is 230 g/mol. The number of benzene rings is 1. The number of rotatable bonds is 3. The number of aromatic nitrogens is 2. The number of aryl methyl sites for hydroxylation is 1. The molecule has 0 aliphatic carbocycles. The summed E-state index contributed by atoms with van der Waals surface area (Å²) in [5, 5.41) is 4.23. The van der Waals surface area contributed by atoms with Gasteiger partial charge in [-0.1, -0.05) is 6.07 Å². The zero-order valence-electron chi connectivity index (χ0n) is 10.2. The lowest BCUT2D eigenvalue weighted by Crippen LogP contribution is -2.17. The predicted molar refractivity (Wildman–Crippen MR) is 66.5 cm³/mol. The van der Waals surface area contributed by atoms with Crippen molar-refractivity contribution in [2.45, 2.75) is 19.5 Å². The Labute approximate surface area is 105 Å². The van der Waals surface area contributed by atoms with E-state index in [9.17, 15) is 0 Å². The SMILES string of the molecule is Cc1cnn(CC(N)c2ccc3c(c2)OCO3)c1. The second kappa shape index (κ2) is 4.34. The zero-order chi connectivity index (χ0) is 12.5. The van der Waals surface area contributed by atoms with Gasteiger partial charge in [-0.05, 0) is 30.2 Å². The van der Waals surface area contributed by atoms with Crippen LogP contribution in [-0.4, -0.2) is 16.6 Å². The van der Waals surface area contributed by atoms with E-state index in [0.717, 1.165) is 22.6 Å². The molecule has 0 spiro atoms. The third-order valence-electron chi connectivity index (χ3n) is 2.97. The van der Waals surface area contributed by atoms with Crippen LogP contribution in [0.2, 0.25) is 0 Å². The molecule has 2 N–H and O–H groups in total. The Hall–Kier alpha value is -2.01. The maximum absolute atomic E-state index is 6.17. The van der Waals surface area contributed by atoms with Gasteiger partial charge < -0.3 is 15.2 Å². The largest absolute Gasteiger partial charge is 0.454 e. The standard InChI is InChI=1S/C13H15N3O2/c1-9-5-15-16(6-9)7-11(14)10-2-3-12-13(4-10)18-8-17-12/h2-6,11H,7-8,14H2,1H3. The first kappa shape index (κ1) is 11.1. The Bertz CT molecular complexity index is 565. The Balaban J connectivity index is 1.78. The predicted octanol–water partition coefficient (Wildman–Crippen LogP) is 1.62. The highest BCUT2D eigenvalue weighted by Gasteiger charge is 2.16. The number of nitrogens with zero attached hydrogens (tertiary/aromatic N) is 2. The average Bonchev–Trinajstić information content (AvgIpc) is 2.96. The monoisotopic (exact) mass is 245 g/mol. The van der Waals surface area contributed by atoms with Gasteiger partial charge in [-0.3, -0.25) is 4.68 Å². The molecule has 5 heteroatoms. The van der Waals surface area contributed by atoms with E-state index in [4.69, 9.17) is 15.2 Å².